The van der Waals surface area contributed by atoms with Crippen LogP contribution in [0.1, 0.15) is 13.8 Å². The number of nitrogens with zero attached hydrogens (tertiary/aromatic N) is 2. The lowest BCUT2D eigenvalue weighted by Crippen LogP contribution is -2.59. The Bertz CT molecular complexity index is 242. The molecule has 16 heavy (non-hydrogen) atoms. The van der Waals surface area contributed by atoms with Gasteiger partial charge in [0.15, 0.2) is 0 Å². The van der Waals surface area contributed by atoms with E-state index in [9.17, 15) is 4.79 Å². The van der Waals surface area contributed by atoms with E-state index in [1.54, 1.807) is 0 Å². The molecule has 5 nitrogen and oxygen atoms in total. The summed E-state index contributed by atoms with van der Waals surface area (Å²) in [5.74, 6) is 0.0748. The van der Waals surface area contributed by atoms with Crippen molar-refractivity contribution in [2.75, 3.05) is 46.3 Å². The summed E-state index contributed by atoms with van der Waals surface area (Å²) < 4.78 is 0. The fourth-order valence-corrected chi connectivity index (χ4v) is 1.95. The molecule has 0 bridgehead atoms. The van der Waals surface area contributed by atoms with Gasteiger partial charge in [0.1, 0.15) is 0 Å². The number of nitrogens with one attached hydrogen (secondary N) is 1. The molecule has 3 N–H and O–H groups in total. The van der Waals surface area contributed by atoms with E-state index in [0.717, 1.165) is 19.6 Å². The molecule has 94 valence electrons. The lowest BCUT2D eigenvalue weighted by molar-refractivity contribution is -0.123. The van der Waals surface area contributed by atoms with Gasteiger partial charge in [0, 0.05) is 38.3 Å². The summed E-state index contributed by atoms with van der Waals surface area (Å²) in [6.45, 7) is 8.85. The Morgan fingerprint density at radius 2 is 2.12 bits per heavy atom. The first-order chi connectivity index (χ1) is 7.45. The molecule has 1 rings (SSSR count). The normalized spacial score (nSPS) is 22.0. The summed E-state index contributed by atoms with van der Waals surface area (Å²) >= 11 is 0. The third-order valence-corrected chi connectivity index (χ3v) is 3.23. The number of likely N-dealkylation sites (N-methyl/N-ethyl adjacent to an activating group) is 1. The Kier molecular flexibility index (Phi) is 4.70. The van der Waals surface area contributed by atoms with E-state index in [4.69, 9.17) is 5.73 Å². The molecule has 1 heterocycles. The fraction of sp³-hybridized carbons (Fsp3) is 0.909. The van der Waals surface area contributed by atoms with E-state index in [1.807, 2.05) is 0 Å². The fourth-order valence-electron chi connectivity index (χ4n) is 1.95. The number of piperazine rings is 1. The largest absolute Gasteiger partial charge is 0.354 e. The Hall–Kier alpha value is -0.650. The first kappa shape index (κ1) is 13.4. The van der Waals surface area contributed by atoms with Gasteiger partial charge in [-0.1, -0.05) is 0 Å². The minimum atomic E-state index is 0.0748. The third-order valence-electron chi connectivity index (χ3n) is 3.23. The highest BCUT2D eigenvalue weighted by molar-refractivity contribution is 5.78. The monoisotopic (exact) mass is 228 g/mol. The summed E-state index contributed by atoms with van der Waals surface area (Å²) in [7, 11) is 2.13. The second kappa shape index (κ2) is 5.61. The predicted octanol–water partition coefficient (Wildman–Crippen LogP) is -0.913. The van der Waals surface area contributed by atoms with Crippen LogP contribution >= 0.6 is 0 Å². The van der Waals surface area contributed by atoms with Gasteiger partial charge in [0.2, 0.25) is 5.91 Å². The lowest BCUT2D eigenvalue weighted by atomic mass is 10.00. The summed E-state index contributed by atoms with van der Waals surface area (Å²) in [4.78, 5) is 16.1. The van der Waals surface area contributed by atoms with Crippen LogP contribution in [-0.2, 0) is 4.79 Å². The van der Waals surface area contributed by atoms with Crippen LogP contribution in [0.3, 0.4) is 0 Å². The van der Waals surface area contributed by atoms with Gasteiger partial charge in [0.05, 0.1) is 6.54 Å². The number of rotatable bonds is 4. The maximum Gasteiger partial charge on any atom is 0.234 e. The number of carbonyl (C=O) groups excluding carboxylic acids is 1. The lowest BCUT2D eigenvalue weighted by Gasteiger charge is -2.45. The minimum absolute atomic E-state index is 0.0748. The minimum Gasteiger partial charge on any atom is -0.354 e. The van der Waals surface area contributed by atoms with Gasteiger partial charge in [-0.15, -0.1) is 0 Å². The highest BCUT2D eigenvalue weighted by Crippen LogP contribution is 2.18. The van der Waals surface area contributed by atoms with Crippen LogP contribution in [0.4, 0.5) is 0 Å². The molecule has 1 fully saturated rings. The molecule has 5 heteroatoms. The summed E-state index contributed by atoms with van der Waals surface area (Å²) in [6, 6.07) is 0. The van der Waals surface area contributed by atoms with Gasteiger partial charge in [-0.3, -0.25) is 14.6 Å². The molecule has 0 atom stereocenters. The van der Waals surface area contributed by atoms with Crippen molar-refractivity contribution in [1.82, 2.24) is 15.1 Å². The SMILES string of the molecule is CN1CCN(CC(=O)NCCN)CC1(C)C. The maximum atomic E-state index is 11.5. The average molecular weight is 228 g/mol. The van der Waals surface area contributed by atoms with Crippen LogP contribution < -0.4 is 11.1 Å². The van der Waals surface area contributed by atoms with E-state index in [1.165, 1.54) is 0 Å². The molecule has 0 aliphatic carbocycles. The van der Waals surface area contributed by atoms with Gasteiger partial charge < -0.3 is 11.1 Å². The van der Waals surface area contributed by atoms with Crippen LogP contribution in [0.25, 0.3) is 0 Å². The second-order valence-electron chi connectivity index (χ2n) is 5.08. The summed E-state index contributed by atoms with van der Waals surface area (Å²) in [5, 5.41) is 2.80. The molecular weight excluding hydrogens is 204 g/mol. The summed E-state index contributed by atoms with van der Waals surface area (Å²) in [6.07, 6.45) is 0. The number of hydrogen-bond donors (Lipinski definition) is 2. The molecule has 0 unspecified atom stereocenters. The molecule has 0 spiro atoms. The van der Waals surface area contributed by atoms with E-state index in [2.05, 4.69) is 36.0 Å². The topological polar surface area (TPSA) is 61.6 Å². The van der Waals surface area contributed by atoms with Crippen molar-refractivity contribution in [2.24, 2.45) is 5.73 Å². The molecule has 1 saturated heterocycles. The van der Waals surface area contributed by atoms with Crippen molar-refractivity contribution in [3.8, 4) is 0 Å². The first-order valence-corrected chi connectivity index (χ1v) is 5.86. The zero-order chi connectivity index (χ0) is 12.2. The van der Waals surface area contributed by atoms with Crippen molar-refractivity contribution in [1.29, 1.82) is 0 Å². The van der Waals surface area contributed by atoms with Crippen LogP contribution in [-0.4, -0.2) is 67.6 Å². The molecule has 1 amide bonds. The van der Waals surface area contributed by atoms with Crippen LogP contribution in [0, 0.1) is 0 Å². The van der Waals surface area contributed by atoms with Crippen LogP contribution in [0.15, 0.2) is 0 Å². The third kappa shape index (κ3) is 3.73. The highest BCUT2D eigenvalue weighted by Gasteiger charge is 2.31. The van der Waals surface area contributed by atoms with E-state index in [0.29, 0.717) is 19.6 Å². The molecule has 1 aliphatic heterocycles. The molecule has 0 aromatic heterocycles. The second-order valence-corrected chi connectivity index (χ2v) is 5.08. The predicted molar refractivity (Wildman–Crippen MR) is 65.2 cm³/mol. The number of amides is 1. The van der Waals surface area contributed by atoms with Gasteiger partial charge in [-0.25, -0.2) is 0 Å². The molecule has 0 saturated carbocycles. The van der Waals surface area contributed by atoms with E-state index >= 15 is 0 Å². The van der Waals surface area contributed by atoms with Gasteiger partial charge in [0.25, 0.3) is 0 Å². The van der Waals surface area contributed by atoms with Crippen molar-refractivity contribution < 1.29 is 4.79 Å². The van der Waals surface area contributed by atoms with Crippen LogP contribution in [0.5, 0.6) is 0 Å². The molecule has 0 aromatic carbocycles. The van der Waals surface area contributed by atoms with Crippen molar-refractivity contribution in [2.45, 2.75) is 19.4 Å². The standard InChI is InChI=1S/C11H24N4O/c1-11(2)9-15(7-6-14(11)3)8-10(16)13-5-4-12/h4-9,12H2,1-3H3,(H,13,16). The highest BCUT2D eigenvalue weighted by atomic mass is 16.2. The Balaban J connectivity index is 2.36. The quantitative estimate of drug-likeness (QED) is 0.654. The van der Waals surface area contributed by atoms with Crippen molar-refractivity contribution in [3.63, 3.8) is 0 Å². The van der Waals surface area contributed by atoms with Crippen LogP contribution in [0.2, 0.25) is 0 Å². The summed E-state index contributed by atoms with van der Waals surface area (Å²) in [5.41, 5.74) is 5.48. The maximum absolute atomic E-state index is 11.5. The van der Waals surface area contributed by atoms with E-state index in [-0.39, 0.29) is 11.4 Å². The Morgan fingerprint density at radius 3 is 2.69 bits per heavy atom. The first-order valence-electron chi connectivity index (χ1n) is 5.86. The molecule has 0 aromatic rings. The van der Waals surface area contributed by atoms with E-state index < -0.39 is 0 Å². The van der Waals surface area contributed by atoms with Gasteiger partial charge in [-0.05, 0) is 20.9 Å². The molecule has 0 radical (unpaired) electrons. The smallest absolute Gasteiger partial charge is 0.234 e. The molecular formula is C11H24N4O. The zero-order valence-electron chi connectivity index (χ0n) is 10.6. The van der Waals surface area contributed by atoms with Crippen molar-refractivity contribution >= 4 is 5.91 Å². The van der Waals surface area contributed by atoms with Crippen molar-refractivity contribution in [3.05, 3.63) is 0 Å². The number of hydrogen-bond acceptors (Lipinski definition) is 4. The number of carbonyl (C=O) groups is 1. The molecule has 1 aliphatic rings. The number of nitrogens with two attached hydrogens (primary N) is 1. The average Bonchev–Trinajstić information content (AvgIpc) is 2.20. The van der Waals surface area contributed by atoms with Gasteiger partial charge >= 0.3 is 0 Å². The van der Waals surface area contributed by atoms with Gasteiger partial charge in [-0.2, -0.15) is 0 Å². The Labute approximate surface area is 98.0 Å². The zero-order valence-corrected chi connectivity index (χ0v) is 10.6. The Morgan fingerprint density at radius 1 is 1.44 bits per heavy atom.